The van der Waals surface area contributed by atoms with E-state index in [2.05, 4.69) is 17.6 Å². The molecule has 3 aromatic carbocycles. The summed E-state index contributed by atoms with van der Waals surface area (Å²) < 4.78 is 0. The highest BCUT2D eigenvalue weighted by Gasteiger charge is 2.28. The zero-order chi connectivity index (χ0) is 14.4. The molecule has 21 heavy (non-hydrogen) atoms. The highest BCUT2D eigenvalue weighted by atomic mass is 32.1. The zero-order valence-corrected chi connectivity index (χ0v) is 12.0. The van der Waals surface area contributed by atoms with Crippen molar-refractivity contribution >= 4 is 40.6 Å². The lowest BCUT2D eigenvalue weighted by Crippen LogP contribution is -2.08. The van der Waals surface area contributed by atoms with Crippen LogP contribution in [0.4, 0.5) is 5.69 Å². The summed E-state index contributed by atoms with van der Waals surface area (Å²) in [6.07, 6.45) is 0. The maximum atomic E-state index is 12.6. The maximum absolute atomic E-state index is 12.6. The second kappa shape index (κ2) is 4.57. The average Bonchev–Trinajstić information content (AvgIpc) is 2.78. The van der Waals surface area contributed by atoms with Crippen LogP contribution in [0, 0.1) is 0 Å². The van der Waals surface area contributed by atoms with Crippen molar-refractivity contribution in [1.29, 1.82) is 0 Å². The molecule has 0 amide bonds. The van der Waals surface area contributed by atoms with Gasteiger partial charge < -0.3 is 0 Å². The van der Waals surface area contributed by atoms with Crippen molar-refractivity contribution in [3.63, 3.8) is 0 Å². The Bertz CT molecular complexity index is 905. The minimum Gasteiger partial charge on any atom is -0.287 e. The van der Waals surface area contributed by atoms with E-state index in [1.165, 1.54) is 0 Å². The summed E-state index contributed by atoms with van der Waals surface area (Å²) in [5.41, 5.74) is 2.95. The SMILES string of the molecule is O=C1/C(=N\c2ccc(S)cc2)c2cccc3cccc1c23. The van der Waals surface area contributed by atoms with E-state index in [9.17, 15) is 4.79 Å². The standard InChI is InChI=1S/C18H11NOS/c20-18-15-6-2-4-11-3-1-5-14(16(11)15)17(18)19-12-7-9-13(21)10-8-12/h1-10,21H/b19-17-. The van der Waals surface area contributed by atoms with Crippen LogP contribution in [0.1, 0.15) is 15.9 Å². The molecule has 0 fully saturated rings. The Kier molecular flexibility index (Phi) is 2.69. The van der Waals surface area contributed by atoms with E-state index in [0.29, 0.717) is 5.71 Å². The number of hydrogen-bond donors (Lipinski definition) is 1. The fraction of sp³-hybridized carbons (Fsp3) is 0. The van der Waals surface area contributed by atoms with E-state index in [-0.39, 0.29) is 5.78 Å². The number of ketones is 1. The normalized spacial score (nSPS) is 15.1. The summed E-state index contributed by atoms with van der Waals surface area (Å²) in [5.74, 6) is -0.00301. The number of Topliss-reactive ketones (excluding diaryl/α,β-unsaturated/α-hetero) is 1. The predicted molar refractivity (Wildman–Crippen MR) is 88.2 cm³/mol. The third-order valence-corrected chi connectivity index (χ3v) is 4.01. The van der Waals surface area contributed by atoms with Gasteiger partial charge in [0.15, 0.2) is 0 Å². The lowest BCUT2D eigenvalue weighted by Gasteiger charge is -2.00. The first kappa shape index (κ1) is 12.4. The number of nitrogens with zero attached hydrogens (tertiary/aromatic N) is 1. The number of aliphatic imine (C=N–C) groups is 1. The number of benzene rings is 3. The number of carbonyl (C=O) groups excluding carboxylic acids is 1. The van der Waals surface area contributed by atoms with Gasteiger partial charge in [0.25, 0.3) is 0 Å². The number of thiol groups is 1. The van der Waals surface area contributed by atoms with E-state index in [1.54, 1.807) is 0 Å². The van der Waals surface area contributed by atoms with Gasteiger partial charge in [0.1, 0.15) is 5.71 Å². The molecular formula is C18H11NOS. The third kappa shape index (κ3) is 1.89. The molecule has 1 aliphatic rings. The van der Waals surface area contributed by atoms with Crippen LogP contribution in [-0.4, -0.2) is 11.5 Å². The fourth-order valence-corrected chi connectivity index (χ4v) is 2.89. The van der Waals surface area contributed by atoms with Crippen molar-refractivity contribution in [2.45, 2.75) is 4.90 Å². The fourth-order valence-electron chi connectivity index (χ4n) is 2.74. The van der Waals surface area contributed by atoms with Crippen molar-refractivity contribution in [2.75, 3.05) is 0 Å². The molecule has 1 aliphatic carbocycles. The number of carbonyl (C=O) groups is 1. The molecule has 3 heteroatoms. The van der Waals surface area contributed by atoms with Crippen LogP contribution in [0.2, 0.25) is 0 Å². The van der Waals surface area contributed by atoms with Crippen LogP contribution in [0.3, 0.4) is 0 Å². The lowest BCUT2D eigenvalue weighted by atomic mass is 10.1. The summed E-state index contributed by atoms with van der Waals surface area (Å²) in [4.78, 5) is 18.0. The monoisotopic (exact) mass is 289 g/mol. The van der Waals surface area contributed by atoms with Crippen molar-refractivity contribution in [3.05, 3.63) is 71.8 Å². The van der Waals surface area contributed by atoms with E-state index in [0.717, 1.165) is 32.5 Å². The minimum absolute atomic E-state index is 0.00301. The molecule has 0 atom stereocenters. The molecule has 2 nitrogen and oxygen atoms in total. The van der Waals surface area contributed by atoms with Gasteiger partial charge in [0.05, 0.1) is 5.69 Å². The van der Waals surface area contributed by atoms with Gasteiger partial charge in [-0.15, -0.1) is 12.6 Å². The van der Waals surface area contributed by atoms with Crippen LogP contribution >= 0.6 is 12.6 Å². The van der Waals surface area contributed by atoms with Gasteiger partial charge in [-0.05, 0) is 29.7 Å². The van der Waals surface area contributed by atoms with Crippen LogP contribution < -0.4 is 0 Å². The van der Waals surface area contributed by atoms with Crippen molar-refractivity contribution in [2.24, 2.45) is 4.99 Å². The molecule has 0 aliphatic heterocycles. The molecule has 0 unspecified atom stereocenters. The molecule has 0 heterocycles. The molecule has 0 aromatic heterocycles. The van der Waals surface area contributed by atoms with Crippen molar-refractivity contribution in [3.8, 4) is 0 Å². The molecule has 0 spiro atoms. The van der Waals surface area contributed by atoms with Crippen LogP contribution in [-0.2, 0) is 0 Å². The van der Waals surface area contributed by atoms with Gasteiger partial charge in [-0.2, -0.15) is 0 Å². The Morgan fingerprint density at radius 1 is 0.810 bits per heavy atom. The van der Waals surface area contributed by atoms with Crippen molar-refractivity contribution in [1.82, 2.24) is 0 Å². The Morgan fingerprint density at radius 3 is 2.19 bits per heavy atom. The Balaban J connectivity index is 1.95. The first-order valence-corrected chi connectivity index (χ1v) is 7.13. The summed E-state index contributed by atoms with van der Waals surface area (Å²) in [5, 5.41) is 2.09. The van der Waals surface area contributed by atoms with Crippen LogP contribution in [0.15, 0.2) is 70.6 Å². The smallest absolute Gasteiger partial charge is 0.212 e. The highest BCUT2D eigenvalue weighted by Crippen LogP contribution is 2.32. The van der Waals surface area contributed by atoms with E-state index >= 15 is 0 Å². The number of hydrogen-bond acceptors (Lipinski definition) is 3. The first-order valence-electron chi connectivity index (χ1n) is 6.68. The Hall–Kier alpha value is -2.39. The molecule has 0 bridgehead atoms. The largest absolute Gasteiger partial charge is 0.287 e. The zero-order valence-electron chi connectivity index (χ0n) is 11.1. The summed E-state index contributed by atoms with van der Waals surface area (Å²) >= 11 is 4.26. The third-order valence-electron chi connectivity index (χ3n) is 3.71. The molecule has 0 N–H and O–H groups in total. The van der Waals surface area contributed by atoms with Gasteiger partial charge in [-0.25, -0.2) is 4.99 Å². The minimum atomic E-state index is -0.00301. The topological polar surface area (TPSA) is 29.4 Å². The van der Waals surface area contributed by atoms with Crippen molar-refractivity contribution < 1.29 is 4.79 Å². The van der Waals surface area contributed by atoms with Gasteiger partial charge in [0, 0.05) is 21.4 Å². The second-order valence-electron chi connectivity index (χ2n) is 5.02. The molecule has 0 saturated heterocycles. The van der Waals surface area contributed by atoms with Gasteiger partial charge >= 0.3 is 0 Å². The quantitative estimate of drug-likeness (QED) is 0.659. The maximum Gasteiger partial charge on any atom is 0.212 e. The molecule has 3 aromatic rings. The van der Waals surface area contributed by atoms with Crippen LogP contribution in [0.5, 0.6) is 0 Å². The molecule has 4 rings (SSSR count). The molecule has 100 valence electrons. The molecule has 0 radical (unpaired) electrons. The van der Waals surface area contributed by atoms with Gasteiger partial charge in [0.2, 0.25) is 5.78 Å². The summed E-state index contributed by atoms with van der Waals surface area (Å²) in [6, 6.07) is 19.2. The molecular weight excluding hydrogens is 278 g/mol. The van der Waals surface area contributed by atoms with Crippen LogP contribution in [0.25, 0.3) is 10.8 Å². The summed E-state index contributed by atoms with van der Waals surface area (Å²) in [7, 11) is 0. The van der Waals surface area contributed by atoms with E-state index in [1.807, 2.05) is 60.7 Å². The van der Waals surface area contributed by atoms with E-state index < -0.39 is 0 Å². The van der Waals surface area contributed by atoms with Gasteiger partial charge in [-0.3, -0.25) is 4.79 Å². The first-order chi connectivity index (χ1) is 10.2. The second-order valence-corrected chi connectivity index (χ2v) is 5.53. The lowest BCUT2D eigenvalue weighted by molar-refractivity contribution is 0.107. The van der Waals surface area contributed by atoms with E-state index in [4.69, 9.17) is 0 Å². The Morgan fingerprint density at radius 2 is 1.48 bits per heavy atom. The average molecular weight is 289 g/mol. The molecule has 0 saturated carbocycles. The number of rotatable bonds is 1. The Labute approximate surface area is 127 Å². The predicted octanol–water partition coefficient (Wildman–Crippen LogP) is 4.45. The highest BCUT2D eigenvalue weighted by molar-refractivity contribution is 7.80. The van der Waals surface area contributed by atoms with Gasteiger partial charge in [-0.1, -0.05) is 36.4 Å². The summed E-state index contributed by atoms with van der Waals surface area (Å²) in [6.45, 7) is 0.